The van der Waals surface area contributed by atoms with Crippen LogP contribution >= 0.6 is 11.6 Å². The molecule has 6 heteroatoms. The number of carbonyl (C=O) groups excluding carboxylic acids is 2. The van der Waals surface area contributed by atoms with Crippen LogP contribution in [0.5, 0.6) is 0 Å². The number of rotatable bonds is 3. The van der Waals surface area contributed by atoms with Gasteiger partial charge in [0.2, 0.25) is 11.8 Å². The summed E-state index contributed by atoms with van der Waals surface area (Å²) in [5.41, 5.74) is 1.58. The van der Waals surface area contributed by atoms with Crippen molar-refractivity contribution in [3.05, 3.63) is 53.2 Å². The van der Waals surface area contributed by atoms with Crippen molar-refractivity contribution in [3.8, 4) is 0 Å². The Kier molecular flexibility index (Phi) is 4.30. The molecule has 5 nitrogen and oxygen atoms in total. The lowest BCUT2D eigenvalue weighted by atomic mass is 10.1. The van der Waals surface area contributed by atoms with Crippen LogP contribution in [-0.2, 0) is 9.59 Å². The fraction of sp³-hybridized carbons (Fsp3) is 0.235. The summed E-state index contributed by atoms with van der Waals surface area (Å²) in [7, 11) is 0. The van der Waals surface area contributed by atoms with Crippen LogP contribution in [0.3, 0.4) is 0 Å². The summed E-state index contributed by atoms with van der Waals surface area (Å²) in [5.74, 6) is -0.134. The van der Waals surface area contributed by atoms with Crippen molar-refractivity contribution < 1.29 is 9.59 Å². The third-order valence-corrected chi connectivity index (χ3v) is 4.03. The van der Waals surface area contributed by atoms with Gasteiger partial charge in [-0.2, -0.15) is 0 Å². The number of benzene rings is 1. The van der Waals surface area contributed by atoms with E-state index in [1.807, 2.05) is 19.1 Å². The summed E-state index contributed by atoms with van der Waals surface area (Å²) in [4.78, 5) is 30.4. The predicted molar refractivity (Wildman–Crippen MR) is 89.5 cm³/mol. The summed E-state index contributed by atoms with van der Waals surface area (Å²) in [6, 6.07) is 12.4. The first kappa shape index (κ1) is 15.5. The molecule has 1 aliphatic heterocycles. The summed E-state index contributed by atoms with van der Waals surface area (Å²) in [6.45, 7) is 2.22. The average Bonchev–Trinajstić information content (AvgIpc) is 2.90. The second kappa shape index (κ2) is 6.38. The number of aryl methyl sites for hydroxylation is 1. The monoisotopic (exact) mass is 329 g/mol. The van der Waals surface area contributed by atoms with Crippen molar-refractivity contribution >= 4 is 34.9 Å². The molecule has 1 fully saturated rings. The molecule has 2 heterocycles. The fourth-order valence-corrected chi connectivity index (χ4v) is 2.72. The zero-order valence-corrected chi connectivity index (χ0v) is 13.4. The van der Waals surface area contributed by atoms with Gasteiger partial charge in [0.1, 0.15) is 5.82 Å². The van der Waals surface area contributed by atoms with Crippen molar-refractivity contribution in [2.24, 2.45) is 5.92 Å². The van der Waals surface area contributed by atoms with Gasteiger partial charge in [-0.3, -0.25) is 9.59 Å². The van der Waals surface area contributed by atoms with Crippen LogP contribution in [0.4, 0.5) is 11.5 Å². The molecule has 0 spiro atoms. The van der Waals surface area contributed by atoms with E-state index in [4.69, 9.17) is 11.6 Å². The van der Waals surface area contributed by atoms with Gasteiger partial charge in [-0.05, 0) is 43.3 Å². The van der Waals surface area contributed by atoms with E-state index in [9.17, 15) is 9.59 Å². The van der Waals surface area contributed by atoms with Gasteiger partial charge in [0.15, 0.2) is 0 Å². The molecule has 1 atom stereocenters. The van der Waals surface area contributed by atoms with E-state index in [2.05, 4.69) is 10.3 Å². The number of pyridine rings is 1. The second-order valence-electron chi connectivity index (χ2n) is 5.54. The molecule has 1 aromatic carbocycles. The second-order valence-corrected chi connectivity index (χ2v) is 5.97. The minimum atomic E-state index is -0.388. The van der Waals surface area contributed by atoms with E-state index in [0.29, 0.717) is 17.4 Å². The van der Waals surface area contributed by atoms with Gasteiger partial charge in [0, 0.05) is 29.4 Å². The molecule has 1 aromatic heterocycles. The topological polar surface area (TPSA) is 62.3 Å². The number of amides is 2. The highest BCUT2D eigenvalue weighted by Crippen LogP contribution is 2.27. The first-order chi connectivity index (χ1) is 11.0. The van der Waals surface area contributed by atoms with Crippen LogP contribution < -0.4 is 10.2 Å². The van der Waals surface area contributed by atoms with Crippen molar-refractivity contribution in [2.45, 2.75) is 13.3 Å². The molecule has 0 radical (unpaired) electrons. The van der Waals surface area contributed by atoms with Gasteiger partial charge >= 0.3 is 0 Å². The highest BCUT2D eigenvalue weighted by atomic mass is 35.5. The Morgan fingerprint density at radius 3 is 2.70 bits per heavy atom. The molecule has 0 unspecified atom stereocenters. The third kappa shape index (κ3) is 3.51. The molecule has 1 saturated heterocycles. The summed E-state index contributed by atoms with van der Waals surface area (Å²) in [6.07, 6.45) is 0.195. The number of halogens is 1. The number of carbonyl (C=O) groups is 2. The lowest BCUT2D eigenvalue weighted by Gasteiger charge is -2.16. The molecule has 118 valence electrons. The molecule has 1 N–H and O–H groups in total. The smallest absolute Gasteiger partial charge is 0.230 e. The van der Waals surface area contributed by atoms with Crippen LogP contribution in [0.1, 0.15) is 12.1 Å². The number of aromatic nitrogens is 1. The van der Waals surface area contributed by atoms with Gasteiger partial charge in [-0.15, -0.1) is 0 Å². The van der Waals surface area contributed by atoms with E-state index in [1.54, 1.807) is 35.2 Å². The Morgan fingerprint density at radius 2 is 2.00 bits per heavy atom. The fourth-order valence-electron chi connectivity index (χ4n) is 2.59. The maximum Gasteiger partial charge on any atom is 0.230 e. The minimum absolute atomic E-state index is 0.0651. The Hall–Kier alpha value is -2.40. The summed E-state index contributed by atoms with van der Waals surface area (Å²) >= 11 is 5.86. The zero-order chi connectivity index (χ0) is 16.4. The first-order valence-electron chi connectivity index (χ1n) is 7.33. The molecule has 1 aliphatic rings. The van der Waals surface area contributed by atoms with Gasteiger partial charge in [-0.25, -0.2) is 4.98 Å². The standard InChI is InChI=1S/C17H16ClN3O2/c1-11-3-2-4-15(19-11)20-17(23)12-9-16(22)21(10-12)14-7-5-13(18)6-8-14/h2-8,12H,9-10H2,1H3,(H,19,20,23)/t12-/m0/s1. The zero-order valence-electron chi connectivity index (χ0n) is 12.6. The lowest BCUT2D eigenvalue weighted by Crippen LogP contribution is -2.28. The van der Waals surface area contributed by atoms with E-state index >= 15 is 0 Å². The number of hydrogen-bond acceptors (Lipinski definition) is 3. The van der Waals surface area contributed by atoms with Gasteiger partial charge in [-0.1, -0.05) is 17.7 Å². The number of nitrogens with one attached hydrogen (secondary N) is 1. The van der Waals surface area contributed by atoms with E-state index in [1.165, 1.54) is 0 Å². The molecular formula is C17H16ClN3O2. The van der Waals surface area contributed by atoms with Crippen LogP contribution in [0.15, 0.2) is 42.5 Å². The van der Waals surface area contributed by atoms with Crippen LogP contribution in [-0.4, -0.2) is 23.3 Å². The van der Waals surface area contributed by atoms with Crippen molar-refractivity contribution in [1.29, 1.82) is 0 Å². The average molecular weight is 330 g/mol. The van der Waals surface area contributed by atoms with E-state index in [0.717, 1.165) is 11.4 Å². The predicted octanol–water partition coefficient (Wildman–Crippen LogP) is 3.04. The highest BCUT2D eigenvalue weighted by Gasteiger charge is 2.35. The van der Waals surface area contributed by atoms with Crippen LogP contribution in [0.25, 0.3) is 0 Å². The molecule has 0 saturated carbocycles. The SMILES string of the molecule is Cc1cccc(NC(=O)[C@H]2CC(=O)N(c3ccc(Cl)cc3)C2)n1. The maximum atomic E-state index is 12.4. The van der Waals surface area contributed by atoms with Crippen molar-refractivity contribution in [1.82, 2.24) is 4.98 Å². The highest BCUT2D eigenvalue weighted by molar-refractivity contribution is 6.30. The van der Waals surface area contributed by atoms with Crippen molar-refractivity contribution in [2.75, 3.05) is 16.8 Å². The lowest BCUT2D eigenvalue weighted by molar-refractivity contribution is -0.122. The Morgan fingerprint density at radius 1 is 1.26 bits per heavy atom. The minimum Gasteiger partial charge on any atom is -0.312 e. The number of nitrogens with zero attached hydrogens (tertiary/aromatic N) is 2. The first-order valence-corrected chi connectivity index (χ1v) is 7.71. The van der Waals surface area contributed by atoms with Gasteiger partial charge < -0.3 is 10.2 Å². The Balaban J connectivity index is 1.69. The van der Waals surface area contributed by atoms with E-state index < -0.39 is 0 Å². The molecule has 0 aliphatic carbocycles. The molecule has 23 heavy (non-hydrogen) atoms. The van der Waals surface area contributed by atoms with Crippen LogP contribution in [0, 0.1) is 12.8 Å². The van der Waals surface area contributed by atoms with Gasteiger partial charge in [0.25, 0.3) is 0 Å². The maximum absolute atomic E-state index is 12.4. The molecular weight excluding hydrogens is 314 g/mol. The van der Waals surface area contributed by atoms with Crippen LogP contribution in [0.2, 0.25) is 5.02 Å². The van der Waals surface area contributed by atoms with E-state index in [-0.39, 0.29) is 24.2 Å². The summed E-state index contributed by atoms with van der Waals surface area (Å²) < 4.78 is 0. The molecule has 0 bridgehead atoms. The third-order valence-electron chi connectivity index (χ3n) is 3.77. The molecule has 2 aromatic rings. The summed E-state index contributed by atoms with van der Waals surface area (Å²) in [5, 5.41) is 3.39. The number of anilines is 2. The molecule has 3 rings (SSSR count). The van der Waals surface area contributed by atoms with Gasteiger partial charge in [0.05, 0.1) is 5.92 Å². The van der Waals surface area contributed by atoms with Crippen molar-refractivity contribution in [3.63, 3.8) is 0 Å². The number of hydrogen-bond donors (Lipinski definition) is 1. The Labute approximate surface area is 139 Å². The normalized spacial score (nSPS) is 17.4. The molecule has 2 amide bonds. The largest absolute Gasteiger partial charge is 0.312 e. The quantitative estimate of drug-likeness (QED) is 0.941. The Bertz CT molecular complexity index is 746.